The summed E-state index contributed by atoms with van der Waals surface area (Å²) in [5.41, 5.74) is 1.96. The lowest BCUT2D eigenvalue weighted by molar-refractivity contribution is 0.415. The third-order valence-electron chi connectivity index (χ3n) is 2.77. The molecular formula is C15H13N3OS. The first-order valence-corrected chi connectivity index (χ1v) is 7.01. The van der Waals surface area contributed by atoms with Crippen LogP contribution in [0, 0.1) is 0 Å². The monoisotopic (exact) mass is 283 g/mol. The molecule has 0 saturated carbocycles. The lowest BCUT2D eigenvalue weighted by atomic mass is 10.2. The first-order valence-electron chi connectivity index (χ1n) is 6.13. The van der Waals surface area contributed by atoms with Crippen molar-refractivity contribution in [2.45, 2.75) is 0 Å². The molecule has 0 bridgehead atoms. The lowest BCUT2D eigenvalue weighted by Gasteiger charge is -2.02. The molecule has 0 aliphatic rings. The minimum atomic E-state index is 0.791. The Morgan fingerprint density at radius 1 is 1.15 bits per heavy atom. The third kappa shape index (κ3) is 2.78. The Bertz CT molecular complexity index is 697. The lowest BCUT2D eigenvalue weighted by Crippen LogP contribution is -1.91. The summed E-state index contributed by atoms with van der Waals surface area (Å²) >= 11 is 1.55. The summed E-state index contributed by atoms with van der Waals surface area (Å²) in [6, 6.07) is 13.6. The van der Waals surface area contributed by atoms with Crippen molar-refractivity contribution < 1.29 is 4.74 Å². The largest absolute Gasteiger partial charge is 0.497 e. The number of ether oxygens (including phenoxy) is 1. The average molecular weight is 283 g/mol. The molecule has 1 aromatic carbocycles. The molecule has 0 spiro atoms. The number of methoxy groups -OCH3 is 1. The Hall–Kier alpha value is -2.40. The summed E-state index contributed by atoms with van der Waals surface area (Å²) in [4.78, 5) is 8.78. The highest BCUT2D eigenvalue weighted by Crippen LogP contribution is 2.28. The van der Waals surface area contributed by atoms with Gasteiger partial charge in [-0.25, -0.2) is 9.97 Å². The molecule has 3 rings (SSSR count). The van der Waals surface area contributed by atoms with Crippen molar-refractivity contribution in [2.24, 2.45) is 0 Å². The van der Waals surface area contributed by atoms with E-state index in [-0.39, 0.29) is 0 Å². The molecule has 0 unspecified atom stereocenters. The molecule has 0 aliphatic carbocycles. The van der Waals surface area contributed by atoms with Gasteiger partial charge >= 0.3 is 0 Å². The van der Waals surface area contributed by atoms with Gasteiger partial charge in [-0.15, -0.1) is 11.3 Å². The van der Waals surface area contributed by atoms with Crippen LogP contribution in [-0.4, -0.2) is 17.1 Å². The van der Waals surface area contributed by atoms with Gasteiger partial charge in [-0.3, -0.25) is 0 Å². The minimum absolute atomic E-state index is 0.791. The first kappa shape index (κ1) is 12.6. The predicted molar refractivity (Wildman–Crippen MR) is 81.6 cm³/mol. The summed E-state index contributed by atoms with van der Waals surface area (Å²) in [6.45, 7) is 0. The van der Waals surface area contributed by atoms with E-state index in [4.69, 9.17) is 4.74 Å². The highest BCUT2D eigenvalue weighted by atomic mass is 32.1. The van der Waals surface area contributed by atoms with Gasteiger partial charge in [0.05, 0.1) is 12.8 Å². The zero-order chi connectivity index (χ0) is 13.8. The van der Waals surface area contributed by atoms with Crippen LogP contribution in [0.25, 0.3) is 11.3 Å². The first-order chi connectivity index (χ1) is 9.85. The fourth-order valence-electron chi connectivity index (χ4n) is 1.79. The fraction of sp³-hybridized carbons (Fsp3) is 0.0667. The van der Waals surface area contributed by atoms with E-state index in [9.17, 15) is 0 Å². The Balaban J connectivity index is 1.83. The molecule has 5 heteroatoms. The molecule has 20 heavy (non-hydrogen) atoms. The van der Waals surface area contributed by atoms with Gasteiger partial charge in [-0.1, -0.05) is 18.2 Å². The van der Waals surface area contributed by atoms with Gasteiger partial charge in [0, 0.05) is 17.1 Å². The molecule has 2 heterocycles. The zero-order valence-electron chi connectivity index (χ0n) is 10.9. The van der Waals surface area contributed by atoms with Gasteiger partial charge < -0.3 is 10.1 Å². The van der Waals surface area contributed by atoms with Gasteiger partial charge in [-0.2, -0.15) is 0 Å². The number of aromatic nitrogens is 2. The molecule has 0 amide bonds. The Morgan fingerprint density at radius 2 is 2.10 bits per heavy atom. The number of nitrogens with one attached hydrogen (secondary N) is 1. The summed E-state index contributed by atoms with van der Waals surface area (Å²) < 4.78 is 5.23. The standard InChI is InChI=1S/C15H13N3OS/c1-19-12-6-4-5-11(9-12)13-10-20-15(17-13)18-14-7-2-3-8-16-14/h2-10H,1H3,(H,16,17,18). The minimum Gasteiger partial charge on any atom is -0.497 e. The molecule has 0 aliphatic heterocycles. The van der Waals surface area contributed by atoms with Crippen molar-refractivity contribution in [3.63, 3.8) is 0 Å². The van der Waals surface area contributed by atoms with E-state index in [0.29, 0.717) is 0 Å². The van der Waals surface area contributed by atoms with Gasteiger partial charge in [0.2, 0.25) is 0 Å². The molecule has 0 saturated heterocycles. The van der Waals surface area contributed by atoms with E-state index in [1.165, 1.54) is 0 Å². The van der Waals surface area contributed by atoms with Crippen LogP contribution < -0.4 is 10.1 Å². The number of hydrogen-bond acceptors (Lipinski definition) is 5. The van der Waals surface area contributed by atoms with Gasteiger partial charge in [0.15, 0.2) is 5.13 Å². The van der Waals surface area contributed by atoms with Crippen molar-refractivity contribution in [3.05, 3.63) is 54.0 Å². The third-order valence-corrected chi connectivity index (χ3v) is 3.53. The molecule has 0 radical (unpaired) electrons. The van der Waals surface area contributed by atoms with Gasteiger partial charge in [0.1, 0.15) is 11.6 Å². The number of pyridine rings is 1. The van der Waals surface area contributed by atoms with Gasteiger partial charge in [0.25, 0.3) is 0 Å². The topological polar surface area (TPSA) is 47.0 Å². The normalized spacial score (nSPS) is 10.2. The van der Waals surface area contributed by atoms with Crippen LogP contribution in [0.15, 0.2) is 54.0 Å². The Morgan fingerprint density at radius 3 is 2.90 bits per heavy atom. The SMILES string of the molecule is COc1cccc(-c2csc(Nc3ccccn3)n2)c1. The summed E-state index contributed by atoms with van der Waals surface area (Å²) in [5, 5.41) is 6.02. The highest BCUT2D eigenvalue weighted by Gasteiger charge is 2.06. The smallest absolute Gasteiger partial charge is 0.188 e. The number of thiazole rings is 1. The van der Waals surface area contributed by atoms with E-state index in [2.05, 4.69) is 15.3 Å². The molecule has 3 aromatic rings. The zero-order valence-corrected chi connectivity index (χ0v) is 11.7. The van der Waals surface area contributed by atoms with Crippen LogP contribution in [0.2, 0.25) is 0 Å². The molecule has 4 nitrogen and oxygen atoms in total. The maximum atomic E-state index is 5.23. The molecule has 2 aromatic heterocycles. The molecule has 0 atom stereocenters. The Kier molecular flexibility index (Phi) is 3.60. The van der Waals surface area contributed by atoms with Crippen LogP contribution in [0.5, 0.6) is 5.75 Å². The fourth-order valence-corrected chi connectivity index (χ4v) is 2.52. The summed E-state index contributed by atoms with van der Waals surface area (Å²) in [6.07, 6.45) is 1.75. The van der Waals surface area contributed by atoms with Crippen molar-refractivity contribution in [1.82, 2.24) is 9.97 Å². The van der Waals surface area contributed by atoms with E-state index < -0.39 is 0 Å². The molecule has 1 N–H and O–H groups in total. The van der Waals surface area contributed by atoms with Crippen LogP contribution >= 0.6 is 11.3 Å². The van der Waals surface area contributed by atoms with Crippen molar-refractivity contribution >= 4 is 22.3 Å². The molecule has 100 valence electrons. The van der Waals surface area contributed by atoms with Gasteiger partial charge in [-0.05, 0) is 24.3 Å². The average Bonchev–Trinajstić information content (AvgIpc) is 2.97. The van der Waals surface area contributed by atoms with Crippen LogP contribution in [-0.2, 0) is 0 Å². The number of rotatable bonds is 4. The molecular weight excluding hydrogens is 270 g/mol. The Labute approximate surface area is 121 Å². The van der Waals surface area contributed by atoms with E-state index in [1.807, 2.05) is 47.8 Å². The number of hydrogen-bond donors (Lipinski definition) is 1. The van der Waals surface area contributed by atoms with E-state index >= 15 is 0 Å². The van der Waals surface area contributed by atoms with Crippen molar-refractivity contribution in [3.8, 4) is 17.0 Å². The second kappa shape index (κ2) is 5.71. The van der Waals surface area contributed by atoms with E-state index in [1.54, 1.807) is 24.6 Å². The summed E-state index contributed by atoms with van der Waals surface area (Å²) in [5.74, 6) is 1.62. The second-order valence-electron chi connectivity index (χ2n) is 4.11. The second-order valence-corrected chi connectivity index (χ2v) is 4.97. The van der Waals surface area contributed by atoms with Crippen molar-refractivity contribution in [2.75, 3.05) is 12.4 Å². The molecule has 0 fully saturated rings. The van der Waals surface area contributed by atoms with Crippen LogP contribution in [0.3, 0.4) is 0 Å². The van der Waals surface area contributed by atoms with E-state index in [0.717, 1.165) is 28.0 Å². The number of benzene rings is 1. The predicted octanol–water partition coefficient (Wildman–Crippen LogP) is 3.96. The van der Waals surface area contributed by atoms with Crippen LogP contribution in [0.1, 0.15) is 0 Å². The highest BCUT2D eigenvalue weighted by molar-refractivity contribution is 7.14. The maximum Gasteiger partial charge on any atom is 0.188 e. The number of nitrogens with zero attached hydrogens (tertiary/aromatic N) is 2. The van der Waals surface area contributed by atoms with Crippen molar-refractivity contribution in [1.29, 1.82) is 0 Å². The maximum absolute atomic E-state index is 5.23. The summed E-state index contributed by atoms with van der Waals surface area (Å²) in [7, 11) is 1.66. The van der Waals surface area contributed by atoms with Crippen LogP contribution in [0.4, 0.5) is 10.9 Å². The quantitative estimate of drug-likeness (QED) is 0.787. The number of anilines is 2.